The molecule has 1 aromatic carbocycles. The number of anilines is 2. The number of benzene rings is 1. The minimum absolute atomic E-state index is 0.504. The van der Waals surface area contributed by atoms with Gasteiger partial charge in [0.2, 0.25) is 0 Å². The number of nitrogens with one attached hydrogen (secondary N) is 1. The number of pyridine rings is 1. The van der Waals surface area contributed by atoms with Crippen LogP contribution in [0.25, 0.3) is 16.6 Å². The average molecular weight is 239 g/mol. The van der Waals surface area contributed by atoms with E-state index in [2.05, 4.69) is 15.4 Å². The van der Waals surface area contributed by atoms with Gasteiger partial charge in [0, 0.05) is 36.6 Å². The van der Waals surface area contributed by atoms with Gasteiger partial charge in [-0.05, 0) is 24.3 Å². The number of nitrogens with zero attached hydrogens (tertiary/aromatic N) is 3. The van der Waals surface area contributed by atoms with Crippen molar-refractivity contribution in [2.75, 3.05) is 18.1 Å². The van der Waals surface area contributed by atoms with Gasteiger partial charge in [0.25, 0.3) is 0 Å². The van der Waals surface area contributed by atoms with E-state index < -0.39 is 0 Å². The first-order valence-corrected chi connectivity index (χ1v) is 5.66. The summed E-state index contributed by atoms with van der Waals surface area (Å²) in [5, 5.41) is 8.37. The predicted octanol–water partition coefficient (Wildman–Crippen LogP) is 2.04. The second kappa shape index (κ2) is 4.03. The summed E-state index contributed by atoms with van der Waals surface area (Å²) in [6, 6.07) is 9.71. The fourth-order valence-electron chi connectivity index (χ4n) is 2.01. The lowest BCUT2D eigenvalue weighted by molar-refractivity contribution is 0.882. The van der Waals surface area contributed by atoms with Crippen LogP contribution in [0.4, 0.5) is 11.5 Å². The fraction of sp³-hybridized carbons (Fsp3) is 0.0769. The summed E-state index contributed by atoms with van der Waals surface area (Å²) < 4.78 is 1.79. The Morgan fingerprint density at radius 3 is 2.89 bits per heavy atom. The summed E-state index contributed by atoms with van der Waals surface area (Å²) >= 11 is 0. The molecule has 3 rings (SSSR count). The fourth-order valence-corrected chi connectivity index (χ4v) is 2.01. The smallest absolute Gasteiger partial charge is 0.126 e. The molecule has 3 N–H and O–H groups in total. The molecule has 5 nitrogen and oxygen atoms in total. The first-order chi connectivity index (χ1) is 8.78. The second-order valence-corrected chi connectivity index (χ2v) is 4.00. The molecule has 0 spiro atoms. The summed E-state index contributed by atoms with van der Waals surface area (Å²) in [4.78, 5) is 4.35. The molecule has 0 saturated carbocycles. The van der Waals surface area contributed by atoms with Crippen molar-refractivity contribution in [1.29, 1.82) is 0 Å². The molecule has 90 valence electrons. The van der Waals surface area contributed by atoms with Crippen LogP contribution in [0, 0.1) is 0 Å². The maximum atomic E-state index is 5.80. The van der Waals surface area contributed by atoms with Crippen LogP contribution in [-0.4, -0.2) is 21.8 Å². The zero-order valence-electron chi connectivity index (χ0n) is 9.96. The topological polar surface area (TPSA) is 68.8 Å². The van der Waals surface area contributed by atoms with Crippen molar-refractivity contribution in [3.05, 3.63) is 42.7 Å². The molecule has 0 unspecified atom stereocenters. The highest BCUT2D eigenvalue weighted by Gasteiger charge is 2.05. The molecular formula is C13H13N5. The third-order valence-electron chi connectivity index (χ3n) is 2.85. The molecule has 0 amide bonds. The number of nitrogen functional groups attached to an aromatic ring is 1. The molecule has 0 aliphatic heterocycles. The minimum atomic E-state index is 0.504. The lowest BCUT2D eigenvalue weighted by Gasteiger charge is -2.08. The van der Waals surface area contributed by atoms with Gasteiger partial charge in [-0.2, -0.15) is 5.10 Å². The van der Waals surface area contributed by atoms with E-state index in [-0.39, 0.29) is 0 Å². The highest BCUT2D eigenvalue weighted by molar-refractivity contribution is 5.93. The Labute approximate surface area is 104 Å². The van der Waals surface area contributed by atoms with Gasteiger partial charge in [0.05, 0.1) is 11.2 Å². The Hall–Kier alpha value is -2.56. The summed E-state index contributed by atoms with van der Waals surface area (Å²) in [6.45, 7) is 0. The second-order valence-electron chi connectivity index (χ2n) is 4.00. The van der Waals surface area contributed by atoms with Gasteiger partial charge in [-0.3, -0.25) is 0 Å². The third kappa shape index (κ3) is 1.66. The summed E-state index contributed by atoms with van der Waals surface area (Å²) in [6.07, 6.45) is 3.64. The molecule has 0 bridgehead atoms. The largest absolute Gasteiger partial charge is 0.387 e. The molecule has 0 aliphatic rings. The van der Waals surface area contributed by atoms with E-state index in [1.165, 1.54) is 0 Å². The number of nitrogens with two attached hydrogens (primary N) is 1. The van der Waals surface area contributed by atoms with Crippen LogP contribution in [0.15, 0.2) is 42.7 Å². The SMILES string of the molecule is CNc1cc(N)nc2cc(-n3cccn3)ccc12. The maximum Gasteiger partial charge on any atom is 0.126 e. The van der Waals surface area contributed by atoms with Crippen molar-refractivity contribution < 1.29 is 0 Å². The zero-order valence-corrected chi connectivity index (χ0v) is 9.96. The Balaban J connectivity index is 2.24. The van der Waals surface area contributed by atoms with Crippen LogP contribution in [0.1, 0.15) is 0 Å². The van der Waals surface area contributed by atoms with Crippen molar-refractivity contribution in [2.24, 2.45) is 0 Å². The van der Waals surface area contributed by atoms with Gasteiger partial charge in [-0.15, -0.1) is 0 Å². The molecule has 0 atom stereocenters. The Morgan fingerprint density at radius 1 is 1.28 bits per heavy atom. The number of hydrogen-bond donors (Lipinski definition) is 2. The van der Waals surface area contributed by atoms with Gasteiger partial charge in [0.15, 0.2) is 0 Å². The summed E-state index contributed by atoms with van der Waals surface area (Å²) in [7, 11) is 1.87. The van der Waals surface area contributed by atoms with Gasteiger partial charge in [-0.25, -0.2) is 9.67 Å². The van der Waals surface area contributed by atoms with E-state index in [4.69, 9.17) is 5.73 Å². The Kier molecular flexibility index (Phi) is 2.37. The molecule has 0 radical (unpaired) electrons. The molecule has 2 aromatic heterocycles. The average Bonchev–Trinajstić information content (AvgIpc) is 2.90. The monoisotopic (exact) mass is 239 g/mol. The third-order valence-corrected chi connectivity index (χ3v) is 2.85. The standard InChI is InChI=1S/C13H13N5/c1-15-11-8-13(14)17-12-7-9(3-4-10(11)12)18-6-2-5-16-18/h2-8H,1H3,(H3,14,15,17). The first-order valence-electron chi connectivity index (χ1n) is 5.66. The van der Waals surface area contributed by atoms with Crippen molar-refractivity contribution in [2.45, 2.75) is 0 Å². The van der Waals surface area contributed by atoms with E-state index in [0.29, 0.717) is 5.82 Å². The van der Waals surface area contributed by atoms with Crippen molar-refractivity contribution in [1.82, 2.24) is 14.8 Å². The molecule has 0 fully saturated rings. The Morgan fingerprint density at radius 2 is 2.17 bits per heavy atom. The molecular weight excluding hydrogens is 226 g/mol. The van der Waals surface area contributed by atoms with Crippen LogP contribution >= 0.6 is 0 Å². The van der Waals surface area contributed by atoms with Crippen molar-refractivity contribution in [3.8, 4) is 5.69 Å². The number of fused-ring (bicyclic) bond motifs is 1. The van der Waals surface area contributed by atoms with E-state index in [1.54, 1.807) is 10.9 Å². The molecule has 5 heteroatoms. The normalized spacial score (nSPS) is 10.7. The molecule has 18 heavy (non-hydrogen) atoms. The van der Waals surface area contributed by atoms with E-state index in [9.17, 15) is 0 Å². The summed E-state index contributed by atoms with van der Waals surface area (Å²) in [5.41, 5.74) is 8.59. The van der Waals surface area contributed by atoms with Gasteiger partial charge < -0.3 is 11.1 Å². The van der Waals surface area contributed by atoms with Crippen LogP contribution in [0.3, 0.4) is 0 Å². The van der Waals surface area contributed by atoms with Crippen molar-refractivity contribution in [3.63, 3.8) is 0 Å². The molecule has 3 aromatic rings. The number of rotatable bonds is 2. The van der Waals surface area contributed by atoms with Crippen LogP contribution in [0.5, 0.6) is 0 Å². The minimum Gasteiger partial charge on any atom is -0.387 e. The van der Waals surface area contributed by atoms with Gasteiger partial charge in [-0.1, -0.05) is 0 Å². The van der Waals surface area contributed by atoms with E-state index >= 15 is 0 Å². The molecule has 2 heterocycles. The highest BCUT2D eigenvalue weighted by Crippen LogP contribution is 2.25. The maximum absolute atomic E-state index is 5.80. The zero-order chi connectivity index (χ0) is 12.5. The van der Waals surface area contributed by atoms with E-state index in [1.807, 2.05) is 43.6 Å². The first kappa shape index (κ1) is 10.6. The van der Waals surface area contributed by atoms with Crippen LogP contribution in [-0.2, 0) is 0 Å². The number of aromatic nitrogens is 3. The van der Waals surface area contributed by atoms with Crippen LogP contribution in [0.2, 0.25) is 0 Å². The highest BCUT2D eigenvalue weighted by atomic mass is 15.3. The lowest BCUT2D eigenvalue weighted by Crippen LogP contribution is -1.98. The van der Waals surface area contributed by atoms with E-state index in [0.717, 1.165) is 22.3 Å². The van der Waals surface area contributed by atoms with Gasteiger partial charge >= 0.3 is 0 Å². The van der Waals surface area contributed by atoms with Gasteiger partial charge in [0.1, 0.15) is 5.82 Å². The number of hydrogen-bond acceptors (Lipinski definition) is 4. The quantitative estimate of drug-likeness (QED) is 0.718. The Bertz CT molecular complexity index is 688. The van der Waals surface area contributed by atoms with Crippen LogP contribution < -0.4 is 11.1 Å². The lowest BCUT2D eigenvalue weighted by atomic mass is 10.1. The predicted molar refractivity (Wildman–Crippen MR) is 72.8 cm³/mol. The molecule has 0 saturated heterocycles. The summed E-state index contributed by atoms with van der Waals surface area (Å²) in [5.74, 6) is 0.504. The molecule has 0 aliphatic carbocycles. The van der Waals surface area contributed by atoms with Crippen molar-refractivity contribution >= 4 is 22.4 Å².